The Morgan fingerprint density at radius 3 is 2.57 bits per heavy atom. The van der Waals surface area contributed by atoms with Gasteiger partial charge in [-0.15, -0.1) is 11.8 Å². The highest BCUT2D eigenvalue weighted by atomic mass is 35.5. The number of hydrogen-bond donors (Lipinski definition) is 2. The molecule has 6 heteroatoms. The van der Waals surface area contributed by atoms with Gasteiger partial charge in [-0.3, -0.25) is 4.79 Å². The number of benzene rings is 2. The first-order valence-electron chi connectivity index (χ1n) is 6.16. The maximum atomic E-state index is 13.5. The number of aliphatic hydroxyl groups is 1. The van der Waals surface area contributed by atoms with Crippen LogP contribution in [0.5, 0.6) is 0 Å². The lowest BCUT2D eigenvalue weighted by Gasteiger charge is -2.07. The third-order valence-corrected chi connectivity index (χ3v) is 3.93. The Hall–Kier alpha value is -1.56. The summed E-state index contributed by atoms with van der Waals surface area (Å²) in [6, 6.07) is 11.3. The van der Waals surface area contributed by atoms with Gasteiger partial charge in [0, 0.05) is 9.92 Å². The summed E-state index contributed by atoms with van der Waals surface area (Å²) in [5, 5.41) is 11.7. The number of carbonyl (C=O) groups excluding carboxylic acids is 1. The van der Waals surface area contributed by atoms with Gasteiger partial charge in [0.1, 0.15) is 5.82 Å². The van der Waals surface area contributed by atoms with Crippen molar-refractivity contribution in [2.45, 2.75) is 11.5 Å². The summed E-state index contributed by atoms with van der Waals surface area (Å²) < 4.78 is 13.5. The maximum Gasteiger partial charge on any atom is 0.234 e. The third kappa shape index (κ3) is 4.74. The number of rotatable bonds is 5. The fraction of sp³-hybridized carbons (Fsp3) is 0.133. The summed E-state index contributed by atoms with van der Waals surface area (Å²) in [6.45, 7) is -0.0126. The van der Waals surface area contributed by atoms with E-state index >= 15 is 0 Å². The third-order valence-electron chi connectivity index (χ3n) is 2.68. The van der Waals surface area contributed by atoms with Gasteiger partial charge in [-0.05, 0) is 35.9 Å². The van der Waals surface area contributed by atoms with Crippen molar-refractivity contribution >= 4 is 35.0 Å². The molecule has 1 amide bonds. The van der Waals surface area contributed by atoms with Gasteiger partial charge in [-0.25, -0.2) is 4.39 Å². The number of halogens is 2. The van der Waals surface area contributed by atoms with Gasteiger partial charge in [0.15, 0.2) is 0 Å². The summed E-state index contributed by atoms with van der Waals surface area (Å²) in [7, 11) is 0. The van der Waals surface area contributed by atoms with Crippen LogP contribution in [0, 0.1) is 5.82 Å². The average Bonchev–Trinajstić information content (AvgIpc) is 2.48. The molecule has 2 N–H and O–H groups in total. The van der Waals surface area contributed by atoms with E-state index in [0.29, 0.717) is 0 Å². The molecule has 2 aromatic carbocycles. The van der Waals surface area contributed by atoms with Gasteiger partial charge in [0.25, 0.3) is 0 Å². The molecule has 0 spiro atoms. The lowest BCUT2D eigenvalue weighted by Crippen LogP contribution is -2.14. The normalized spacial score (nSPS) is 10.4. The van der Waals surface area contributed by atoms with Crippen LogP contribution in [-0.2, 0) is 11.4 Å². The predicted octanol–water partition coefficient (Wildman–Crippen LogP) is 3.70. The van der Waals surface area contributed by atoms with Crippen LogP contribution in [0.2, 0.25) is 5.02 Å². The fourth-order valence-corrected chi connectivity index (χ4v) is 2.47. The van der Waals surface area contributed by atoms with Gasteiger partial charge in [-0.2, -0.15) is 0 Å². The van der Waals surface area contributed by atoms with E-state index in [9.17, 15) is 9.18 Å². The van der Waals surface area contributed by atoms with Crippen LogP contribution in [0.15, 0.2) is 47.4 Å². The Bertz CT molecular complexity index is 634. The Morgan fingerprint density at radius 2 is 1.95 bits per heavy atom. The van der Waals surface area contributed by atoms with E-state index in [1.165, 1.54) is 23.9 Å². The Labute approximate surface area is 131 Å². The predicted molar refractivity (Wildman–Crippen MR) is 83.1 cm³/mol. The zero-order valence-electron chi connectivity index (χ0n) is 11.0. The van der Waals surface area contributed by atoms with Gasteiger partial charge < -0.3 is 10.4 Å². The van der Waals surface area contributed by atoms with Gasteiger partial charge in [0.05, 0.1) is 18.0 Å². The van der Waals surface area contributed by atoms with Crippen LogP contribution >= 0.6 is 23.4 Å². The smallest absolute Gasteiger partial charge is 0.234 e. The van der Waals surface area contributed by atoms with E-state index in [1.54, 1.807) is 12.1 Å². The van der Waals surface area contributed by atoms with Crippen molar-refractivity contribution in [3.8, 4) is 0 Å². The highest BCUT2D eigenvalue weighted by molar-refractivity contribution is 8.00. The first kappa shape index (κ1) is 15.8. The molecule has 0 aliphatic heterocycles. The zero-order chi connectivity index (χ0) is 15.2. The Morgan fingerprint density at radius 1 is 1.24 bits per heavy atom. The first-order chi connectivity index (χ1) is 10.1. The first-order valence-corrected chi connectivity index (χ1v) is 7.52. The molecule has 2 aromatic rings. The van der Waals surface area contributed by atoms with Crippen LogP contribution in [0.25, 0.3) is 0 Å². The monoisotopic (exact) mass is 325 g/mol. The van der Waals surface area contributed by atoms with Crippen molar-refractivity contribution < 1.29 is 14.3 Å². The summed E-state index contributed by atoms with van der Waals surface area (Å²) in [5.74, 6) is -0.693. The molecule has 0 saturated heterocycles. The van der Waals surface area contributed by atoms with E-state index in [1.807, 2.05) is 12.1 Å². The van der Waals surface area contributed by atoms with E-state index in [-0.39, 0.29) is 29.0 Å². The highest BCUT2D eigenvalue weighted by Crippen LogP contribution is 2.21. The number of aliphatic hydroxyl groups excluding tert-OH is 1. The minimum Gasteiger partial charge on any atom is -0.392 e. The van der Waals surface area contributed by atoms with Crippen molar-refractivity contribution in [1.82, 2.24) is 0 Å². The molecule has 0 saturated carbocycles. The van der Waals surface area contributed by atoms with Crippen LogP contribution in [0.1, 0.15) is 5.56 Å². The molecule has 0 aliphatic rings. The molecule has 21 heavy (non-hydrogen) atoms. The van der Waals surface area contributed by atoms with Gasteiger partial charge in [0.2, 0.25) is 5.91 Å². The topological polar surface area (TPSA) is 49.3 Å². The molecule has 0 fully saturated rings. The van der Waals surface area contributed by atoms with E-state index in [2.05, 4.69) is 5.32 Å². The molecular formula is C15H13ClFNO2S. The standard InChI is InChI=1S/C15H13ClFNO2S/c16-11-3-6-14(13(17)7-11)18-15(20)9-21-12-4-1-10(8-19)2-5-12/h1-7,19H,8-9H2,(H,18,20). The van der Waals surface area contributed by atoms with E-state index in [0.717, 1.165) is 16.5 Å². The van der Waals surface area contributed by atoms with Gasteiger partial charge >= 0.3 is 0 Å². The molecule has 110 valence electrons. The minimum atomic E-state index is -0.562. The molecule has 0 radical (unpaired) electrons. The molecular weight excluding hydrogens is 313 g/mol. The Kier molecular flexibility index (Phi) is 5.61. The summed E-state index contributed by atoms with van der Waals surface area (Å²) in [6.07, 6.45) is 0. The number of hydrogen-bond acceptors (Lipinski definition) is 3. The van der Waals surface area contributed by atoms with Crippen LogP contribution in [0.4, 0.5) is 10.1 Å². The second kappa shape index (κ2) is 7.45. The molecule has 0 unspecified atom stereocenters. The Balaban J connectivity index is 1.89. The summed E-state index contributed by atoms with van der Waals surface area (Å²) in [4.78, 5) is 12.7. The fourth-order valence-electron chi connectivity index (χ4n) is 1.62. The van der Waals surface area contributed by atoms with Crippen molar-refractivity contribution in [2.24, 2.45) is 0 Å². The van der Waals surface area contributed by atoms with E-state index < -0.39 is 5.82 Å². The summed E-state index contributed by atoms with van der Waals surface area (Å²) >= 11 is 6.98. The lowest BCUT2D eigenvalue weighted by atomic mass is 10.2. The minimum absolute atomic E-state index is 0.0126. The number of anilines is 1. The SMILES string of the molecule is O=C(CSc1ccc(CO)cc1)Nc1ccc(Cl)cc1F. The quantitative estimate of drug-likeness (QED) is 0.824. The lowest BCUT2D eigenvalue weighted by molar-refractivity contribution is -0.113. The van der Waals surface area contributed by atoms with Crippen LogP contribution in [-0.4, -0.2) is 16.8 Å². The molecule has 0 bridgehead atoms. The molecule has 0 atom stereocenters. The maximum absolute atomic E-state index is 13.5. The molecule has 3 nitrogen and oxygen atoms in total. The molecule has 0 aromatic heterocycles. The number of carbonyl (C=O) groups is 1. The number of thioether (sulfide) groups is 1. The van der Waals surface area contributed by atoms with Crippen molar-refractivity contribution in [1.29, 1.82) is 0 Å². The van der Waals surface area contributed by atoms with E-state index in [4.69, 9.17) is 16.7 Å². The largest absolute Gasteiger partial charge is 0.392 e. The summed E-state index contributed by atoms with van der Waals surface area (Å²) in [5.41, 5.74) is 0.924. The average molecular weight is 326 g/mol. The second-order valence-electron chi connectivity index (χ2n) is 4.26. The molecule has 0 aliphatic carbocycles. The molecule has 2 rings (SSSR count). The highest BCUT2D eigenvalue weighted by Gasteiger charge is 2.08. The van der Waals surface area contributed by atoms with Crippen LogP contribution < -0.4 is 5.32 Å². The van der Waals surface area contributed by atoms with Crippen molar-refractivity contribution in [2.75, 3.05) is 11.1 Å². The van der Waals surface area contributed by atoms with Crippen LogP contribution in [0.3, 0.4) is 0 Å². The number of amides is 1. The molecule has 0 heterocycles. The second-order valence-corrected chi connectivity index (χ2v) is 5.75. The number of nitrogens with one attached hydrogen (secondary N) is 1. The van der Waals surface area contributed by atoms with Crippen molar-refractivity contribution in [3.63, 3.8) is 0 Å². The van der Waals surface area contributed by atoms with Crippen molar-refractivity contribution in [3.05, 3.63) is 58.9 Å². The van der Waals surface area contributed by atoms with Gasteiger partial charge in [-0.1, -0.05) is 23.7 Å². The zero-order valence-corrected chi connectivity index (χ0v) is 12.5.